The zero-order valence-electron chi connectivity index (χ0n) is 11.5. The Labute approximate surface area is 119 Å². The van der Waals surface area contributed by atoms with Gasteiger partial charge in [-0.1, -0.05) is 0 Å². The van der Waals surface area contributed by atoms with Crippen LogP contribution in [0.25, 0.3) is 0 Å². The highest BCUT2D eigenvalue weighted by molar-refractivity contribution is 7.89. The van der Waals surface area contributed by atoms with Crippen LogP contribution in [0.4, 0.5) is 4.39 Å². The van der Waals surface area contributed by atoms with E-state index in [1.807, 2.05) is 7.05 Å². The normalized spacial score (nSPS) is 18.3. The van der Waals surface area contributed by atoms with E-state index in [-0.39, 0.29) is 0 Å². The maximum absolute atomic E-state index is 13.6. The number of aromatic nitrogens is 1. The molecule has 1 N–H and O–H groups in total. The molecule has 1 aliphatic rings. The molecule has 0 bridgehead atoms. The number of pyridine rings is 1. The van der Waals surface area contributed by atoms with Gasteiger partial charge in [-0.2, -0.15) is 4.31 Å². The van der Waals surface area contributed by atoms with Crippen molar-refractivity contribution in [3.63, 3.8) is 0 Å². The largest absolute Gasteiger partial charge is 0.320 e. The van der Waals surface area contributed by atoms with E-state index in [0.29, 0.717) is 19.0 Å². The lowest BCUT2D eigenvalue weighted by Crippen LogP contribution is -2.39. The van der Waals surface area contributed by atoms with E-state index >= 15 is 0 Å². The van der Waals surface area contributed by atoms with E-state index in [0.717, 1.165) is 31.9 Å². The standard InChI is InChI=1S/C13H20FN3O2S/c1-15-8-4-11-5-9-17(10-6-11)20(18,19)13-12(14)3-2-7-16-13/h2-3,7,11,15H,4-6,8-10H2,1H3. The highest BCUT2D eigenvalue weighted by Gasteiger charge is 2.32. The molecule has 1 aromatic heterocycles. The molecule has 0 spiro atoms. The molecule has 0 aliphatic carbocycles. The molecule has 1 fully saturated rings. The first-order valence-corrected chi connectivity index (χ1v) is 8.25. The zero-order chi connectivity index (χ0) is 14.6. The summed E-state index contributed by atoms with van der Waals surface area (Å²) in [6.45, 7) is 1.81. The van der Waals surface area contributed by atoms with Crippen LogP contribution in [0.3, 0.4) is 0 Å². The van der Waals surface area contributed by atoms with E-state index in [4.69, 9.17) is 0 Å². The number of halogens is 1. The minimum absolute atomic E-state index is 0.437. The molecule has 1 aliphatic heterocycles. The van der Waals surface area contributed by atoms with E-state index in [1.165, 1.54) is 16.6 Å². The molecule has 0 amide bonds. The lowest BCUT2D eigenvalue weighted by molar-refractivity contribution is 0.262. The van der Waals surface area contributed by atoms with Crippen molar-refractivity contribution in [3.05, 3.63) is 24.1 Å². The summed E-state index contributed by atoms with van der Waals surface area (Å²) >= 11 is 0. The Morgan fingerprint density at radius 3 is 2.75 bits per heavy atom. The lowest BCUT2D eigenvalue weighted by atomic mass is 9.95. The smallest absolute Gasteiger partial charge is 0.263 e. The van der Waals surface area contributed by atoms with Crippen LogP contribution in [0, 0.1) is 11.7 Å². The van der Waals surface area contributed by atoms with Gasteiger partial charge in [0.15, 0.2) is 5.82 Å². The Morgan fingerprint density at radius 2 is 2.15 bits per heavy atom. The summed E-state index contributed by atoms with van der Waals surface area (Å²) in [6.07, 6.45) is 3.97. The Kier molecular flexibility index (Phi) is 5.06. The molecule has 20 heavy (non-hydrogen) atoms. The average molecular weight is 301 g/mol. The van der Waals surface area contributed by atoms with Gasteiger partial charge in [0.1, 0.15) is 0 Å². The molecule has 2 heterocycles. The lowest BCUT2D eigenvalue weighted by Gasteiger charge is -2.30. The van der Waals surface area contributed by atoms with Gasteiger partial charge in [-0.05, 0) is 50.9 Å². The van der Waals surface area contributed by atoms with E-state index in [2.05, 4.69) is 10.3 Å². The van der Waals surface area contributed by atoms with Crippen molar-refractivity contribution in [2.24, 2.45) is 5.92 Å². The van der Waals surface area contributed by atoms with Gasteiger partial charge in [0.2, 0.25) is 5.03 Å². The quantitative estimate of drug-likeness (QED) is 0.888. The summed E-state index contributed by atoms with van der Waals surface area (Å²) in [5.74, 6) is -0.257. The molecule has 1 aromatic rings. The average Bonchev–Trinajstić information content (AvgIpc) is 2.46. The van der Waals surface area contributed by atoms with Crippen molar-refractivity contribution in [2.75, 3.05) is 26.7 Å². The Bertz CT molecular complexity index is 542. The number of piperidine rings is 1. The number of hydrogen-bond donors (Lipinski definition) is 1. The topological polar surface area (TPSA) is 62.3 Å². The van der Waals surface area contributed by atoms with Crippen LogP contribution in [-0.4, -0.2) is 44.4 Å². The van der Waals surface area contributed by atoms with Gasteiger partial charge >= 0.3 is 0 Å². The predicted octanol–water partition coefficient (Wildman–Crippen LogP) is 1.23. The molecular formula is C13H20FN3O2S. The Hall–Kier alpha value is -1.05. The van der Waals surface area contributed by atoms with Crippen molar-refractivity contribution < 1.29 is 12.8 Å². The molecule has 112 valence electrons. The van der Waals surface area contributed by atoms with Crippen LogP contribution in [0.5, 0.6) is 0 Å². The third kappa shape index (κ3) is 3.34. The van der Waals surface area contributed by atoms with Gasteiger partial charge in [-0.3, -0.25) is 0 Å². The van der Waals surface area contributed by atoms with Gasteiger partial charge in [0.25, 0.3) is 10.0 Å². The van der Waals surface area contributed by atoms with Crippen LogP contribution < -0.4 is 5.32 Å². The third-order valence-corrected chi connectivity index (χ3v) is 5.52. The van der Waals surface area contributed by atoms with Crippen LogP contribution in [0.1, 0.15) is 19.3 Å². The molecule has 0 radical (unpaired) electrons. The number of nitrogens with zero attached hydrogens (tertiary/aromatic N) is 2. The number of rotatable bonds is 5. The van der Waals surface area contributed by atoms with Crippen molar-refractivity contribution >= 4 is 10.0 Å². The van der Waals surface area contributed by atoms with Crippen molar-refractivity contribution in [1.82, 2.24) is 14.6 Å². The molecule has 5 nitrogen and oxygen atoms in total. The van der Waals surface area contributed by atoms with Crippen molar-refractivity contribution in [1.29, 1.82) is 0 Å². The van der Waals surface area contributed by atoms with Crippen LogP contribution in [0.2, 0.25) is 0 Å². The van der Waals surface area contributed by atoms with Gasteiger partial charge in [-0.25, -0.2) is 17.8 Å². The van der Waals surface area contributed by atoms with Crippen molar-refractivity contribution in [3.8, 4) is 0 Å². The molecule has 2 rings (SSSR count). The second-order valence-corrected chi connectivity index (χ2v) is 6.88. The summed E-state index contributed by atoms with van der Waals surface area (Å²) in [5, 5.41) is 2.63. The molecule has 0 atom stereocenters. The number of nitrogens with one attached hydrogen (secondary N) is 1. The maximum Gasteiger partial charge on any atom is 0.263 e. The third-order valence-electron chi connectivity index (χ3n) is 3.69. The first kappa shape index (κ1) is 15.3. The van der Waals surface area contributed by atoms with E-state index in [1.54, 1.807) is 0 Å². The summed E-state index contributed by atoms with van der Waals surface area (Å²) in [7, 11) is -1.90. The number of sulfonamides is 1. The molecule has 1 saturated heterocycles. The molecule has 7 heteroatoms. The summed E-state index contributed by atoms with van der Waals surface area (Å²) < 4.78 is 39.6. The first-order chi connectivity index (χ1) is 9.55. The van der Waals surface area contributed by atoms with E-state index < -0.39 is 20.9 Å². The van der Waals surface area contributed by atoms with Crippen LogP contribution in [-0.2, 0) is 10.0 Å². The van der Waals surface area contributed by atoms with Crippen LogP contribution in [0.15, 0.2) is 23.4 Å². The number of hydrogen-bond acceptors (Lipinski definition) is 4. The van der Waals surface area contributed by atoms with Crippen molar-refractivity contribution in [2.45, 2.75) is 24.3 Å². The highest BCUT2D eigenvalue weighted by Crippen LogP contribution is 2.25. The minimum Gasteiger partial charge on any atom is -0.320 e. The highest BCUT2D eigenvalue weighted by atomic mass is 32.2. The zero-order valence-corrected chi connectivity index (χ0v) is 12.4. The van der Waals surface area contributed by atoms with Gasteiger partial charge in [0, 0.05) is 19.3 Å². The molecule has 0 aromatic carbocycles. The Balaban J connectivity index is 2.04. The van der Waals surface area contributed by atoms with Gasteiger partial charge < -0.3 is 5.32 Å². The van der Waals surface area contributed by atoms with Gasteiger partial charge in [-0.15, -0.1) is 0 Å². The Morgan fingerprint density at radius 1 is 1.45 bits per heavy atom. The monoisotopic (exact) mass is 301 g/mol. The van der Waals surface area contributed by atoms with Gasteiger partial charge in [0.05, 0.1) is 0 Å². The predicted molar refractivity (Wildman–Crippen MR) is 74.2 cm³/mol. The van der Waals surface area contributed by atoms with Crippen LogP contribution >= 0.6 is 0 Å². The fraction of sp³-hybridized carbons (Fsp3) is 0.615. The molecule has 0 saturated carbocycles. The maximum atomic E-state index is 13.6. The second kappa shape index (κ2) is 6.60. The molecular weight excluding hydrogens is 281 g/mol. The first-order valence-electron chi connectivity index (χ1n) is 6.81. The van der Waals surface area contributed by atoms with E-state index in [9.17, 15) is 12.8 Å². The fourth-order valence-corrected chi connectivity index (χ4v) is 3.91. The summed E-state index contributed by atoms with van der Waals surface area (Å²) in [5.41, 5.74) is 0. The second-order valence-electron chi connectivity index (χ2n) is 5.03. The summed E-state index contributed by atoms with van der Waals surface area (Å²) in [4.78, 5) is 3.68. The summed E-state index contributed by atoms with van der Waals surface area (Å²) in [6, 6.07) is 2.51. The fourth-order valence-electron chi connectivity index (χ4n) is 2.47. The molecule has 0 unspecified atom stereocenters. The minimum atomic E-state index is -3.81. The SMILES string of the molecule is CNCCC1CCN(S(=O)(=O)c2ncccc2F)CC1.